The van der Waals surface area contributed by atoms with E-state index in [2.05, 4.69) is 5.43 Å². The topological polar surface area (TPSA) is 38.0 Å². The number of hydrazine groups is 1. The average Bonchev–Trinajstić information content (AvgIpc) is 2.73. The van der Waals surface area contributed by atoms with Crippen LogP contribution >= 0.6 is 34.5 Å². The lowest BCUT2D eigenvalue weighted by Crippen LogP contribution is -2.29. The highest BCUT2D eigenvalue weighted by Gasteiger charge is 2.14. The van der Waals surface area contributed by atoms with Crippen LogP contribution in [0.25, 0.3) is 0 Å². The van der Waals surface area contributed by atoms with Crippen molar-refractivity contribution in [2.24, 2.45) is 5.84 Å². The Morgan fingerprint density at radius 1 is 1.18 bits per heavy atom. The molecule has 2 aromatic rings. The molecule has 0 bridgehead atoms. The Bertz CT molecular complexity index is 499. The Kier molecular flexibility index (Phi) is 4.42. The smallest absolute Gasteiger partial charge is 0.0931 e. The molecule has 1 aromatic carbocycles. The van der Waals surface area contributed by atoms with E-state index in [-0.39, 0.29) is 6.04 Å². The van der Waals surface area contributed by atoms with Gasteiger partial charge in [-0.05, 0) is 23.8 Å². The first-order valence-corrected chi connectivity index (χ1v) is 6.72. The summed E-state index contributed by atoms with van der Waals surface area (Å²) in [5, 5.41) is 0.720. The van der Waals surface area contributed by atoms with Gasteiger partial charge < -0.3 is 0 Å². The van der Waals surface area contributed by atoms with Crippen molar-refractivity contribution in [2.75, 3.05) is 0 Å². The van der Waals surface area contributed by atoms with Crippen LogP contribution in [0.4, 0.5) is 0 Å². The van der Waals surface area contributed by atoms with Gasteiger partial charge in [-0.25, -0.2) is 0 Å². The van der Waals surface area contributed by atoms with Crippen molar-refractivity contribution in [3.8, 4) is 0 Å². The fourth-order valence-electron chi connectivity index (χ4n) is 1.68. The molecule has 0 spiro atoms. The summed E-state index contributed by atoms with van der Waals surface area (Å²) >= 11 is 13.6. The molecule has 0 fully saturated rings. The largest absolute Gasteiger partial charge is 0.271 e. The van der Waals surface area contributed by atoms with Crippen LogP contribution in [-0.2, 0) is 6.42 Å². The lowest BCUT2D eigenvalue weighted by Gasteiger charge is -2.16. The van der Waals surface area contributed by atoms with Crippen LogP contribution in [0.1, 0.15) is 16.5 Å². The van der Waals surface area contributed by atoms with Gasteiger partial charge in [-0.15, -0.1) is 11.3 Å². The highest BCUT2D eigenvalue weighted by molar-refractivity contribution is 7.16. The number of nitrogens with one attached hydrogen (secondary N) is 1. The summed E-state index contributed by atoms with van der Waals surface area (Å²) in [6, 6.07) is 11.6. The minimum Gasteiger partial charge on any atom is -0.271 e. The molecule has 1 heterocycles. The van der Waals surface area contributed by atoms with Gasteiger partial charge in [-0.3, -0.25) is 11.3 Å². The Morgan fingerprint density at radius 2 is 1.94 bits per heavy atom. The third-order valence-corrected chi connectivity index (χ3v) is 4.11. The molecule has 2 rings (SSSR count). The number of nitrogens with two attached hydrogens (primary N) is 1. The van der Waals surface area contributed by atoms with Gasteiger partial charge in [0.05, 0.1) is 10.4 Å². The zero-order valence-corrected chi connectivity index (χ0v) is 11.3. The zero-order chi connectivity index (χ0) is 12.3. The third kappa shape index (κ3) is 3.21. The van der Waals surface area contributed by atoms with Crippen LogP contribution < -0.4 is 11.3 Å². The molecule has 2 nitrogen and oxygen atoms in total. The van der Waals surface area contributed by atoms with Gasteiger partial charge in [0.25, 0.3) is 0 Å². The Labute approximate surface area is 114 Å². The molecule has 17 heavy (non-hydrogen) atoms. The van der Waals surface area contributed by atoms with Crippen LogP contribution in [0.3, 0.4) is 0 Å². The molecule has 1 aromatic heterocycles. The number of halogens is 2. The number of hydrogen-bond donors (Lipinski definition) is 2. The second-order valence-electron chi connectivity index (χ2n) is 3.65. The standard InChI is InChI=1S/C12H12Cl2N2S/c13-10-4-2-1-3-9(10)11(16-15)7-8-5-6-12(14)17-8/h1-6,11,16H,7,15H2. The van der Waals surface area contributed by atoms with Gasteiger partial charge in [0.2, 0.25) is 0 Å². The van der Waals surface area contributed by atoms with Gasteiger partial charge in [0.1, 0.15) is 0 Å². The van der Waals surface area contributed by atoms with Crippen LogP contribution in [0.15, 0.2) is 36.4 Å². The van der Waals surface area contributed by atoms with Crippen molar-refractivity contribution in [1.82, 2.24) is 5.43 Å². The fraction of sp³-hybridized carbons (Fsp3) is 0.167. The van der Waals surface area contributed by atoms with E-state index in [1.807, 2.05) is 36.4 Å². The van der Waals surface area contributed by atoms with E-state index in [9.17, 15) is 0 Å². The molecular weight excluding hydrogens is 275 g/mol. The summed E-state index contributed by atoms with van der Waals surface area (Å²) in [5.41, 5.74) is 3.80. The molecule has 0 aliphatic rings. The van der Waals surface area contributed by atoms with Gasteiger partial charge in [0.15, 0.2) is 0 Å². The maximum atomic E-state index is 6.15. The molecule has 0 saturated heterocycles. The van der Waals surface area contributed by atoms with Crippen LogP contribution in [0, 0.1) is 0 Å². The van der Waals surface area contributed by atoms with E-state index in [4.69, 9.17) is 29.0 Å². The second-order valence-corrected chi connectivity index (χ2v) is 5.86. The summed E-state index contributed by atoms with van der Waals surface area (Å²) in [6.07, 6.45) is 0.775. The van der Waals surface area contributed by atoms with Crippen molar-refractivity contribution in [2.45, 2.75) is 12.5 Å². The molecule has 3 N–H and O–H groups in total. The summed E-state index contributed by atoms with van der Waals surface area (Å²) < 4.78 is 0.787. The van der Waals surface area contributed by atoms with Gasteiger partial charge in [-0.1, -0.05) is 41.4 Å². The molecular formula is C12H12Cl2N2S. The molecule has 1 unspecified atom stereocenters. The summed E-state index contributed by atoms with van der Waals surface area (Å²) in [5.74, 6) is 5.59. The quantitative estimate of drug-likeness (QED) is 0.663. The van der Waals surface area contributed by atoms with E-state index in [1.54, 1.807) is 11.3 Å². The Morgan fingerprint density at radius 3 is 2.53 bits per heavy atom. The van der Waals surface area contributed by atoms with Crippen molar-refractivity contribution in [3.63, 3.8) is 0 Å². The maximum Gasteiger partial charge on any atom is 0.0931 e. The first-order valence-electron chi connectivity index (χ1n) is 5.15. The monoisotopic (exact) mass is 286 g/mol. The van der Waals surface area contributed by atoms with E-state index >= 15 is 0 Å². The van der Waals surface area contributed by atoms with Gasteiger partial charge in [-0.2, -0.15) is 0 Å². The third-order valence-electron chi connectivity index (χ3n) is 2.52. The number of rotatable bonds is 4. The van der Waals surface area contributed by atoms with E-state index in [1.165, 1.54) is 4.88 Å². The molecule has 90 valence electrons. The predicted molar refractivity (Wildman–Crippen MR) is 74.5 cm³/mol. The first kappa shape index (κ1) is 12.9. The number of hydrogen-bond acceptors (Lipinski definition) is 3. The van der Waals surface area contributed by atoms with E-state index in [0.717, 1.165) is 21.3 Å². The summed E-state index contributed by atoms with van der Waals surface area (Å²) in [4.78, 5) is 1.18. The van der Waals surface area contributed by atoms with Crippen molar-refractivity contribution < 1.29 is 0 Å². The highest BCUT2D eigenvalue weighted by atomic mass is 35.5. The van der Waals surface area contributed by atoms with Gasteiger partial charge in [0, 0.05) is 16.3 Å². The van der Waals surface area contributed by atoms with Gasteiger partial charge >= 0.3 is 0 Å². The minimum atomic E-state index is -0.00147. The normalized spacial score (nSPS) is 12.6. The predicted octanol–water partition coefficient (Wildman–Crippen LogP) is 3.80. The lowest BCUT2D eigenvalue weighted by atomic mass is 10.0. The van der Waals surface area contributed by atoms with E-state index in [0.29, 0.717) is 0 Å². The Balaban J connectivity index is 2.20. The van der Waals surface area contributed by atoms with Crippen molar-refractivity contribution >= 4 is 34.5 Å². The summed E-state index contributed by atoms with van der Waals surface area (Å²) in [7, 11) is 0. The zero-order valence-electron chi connectivity index (χ0n) is 8.99. The van der Waals surface area contributed by atoms with Crippen molar-refractivity contribution in [3.05, 3.63) is 56.2 Å². The molecule has 5 heteroatoms. The van der Waals surface area contributed by atoms with Crippen molar-refractivity contribution in [1.29, 1.82) is 0 Å². The number of thiophene rings is 1. The second kappa shape index (κ2) is 5.85. The molecule has 0 aliphatic carbocycles. The Hall–Kier alpha value is -0.580. The fourth-order valence-corrected chi connectivity index (χ4v) is 3.08. The van der Waals surface area contributed by atoms with Crippen LogP contribution in [0.2, 0.25) is 9.36 Å². The maximum absolute atomic E-state index is 6.15. The molecule has 1 atom stereocenters. The van der Waals surface area contributed by atoms with Crippen LogP contribution in [0.5, 0.6) is 0 Å². The lowest BCUT2D eigenvalue weighted by molar-refractivity contribution is 0.556. The molecule has 0 saturated carbocycles. The van der Waals surface area contributed by atoms with Crippen LogP contribution in [-0.4, -0.2) is 0 Å². The highest BCUT2D eigenvalue weighted by Crippen LogP contribution is 2.29. The minimum absolute atomic E-state index is 0.00147. The average molecular weight is 287 g/mol. The molecule has 0 aliphatic heterocycles. The molecule has 0 radical (unpaired) electrons. The van der Waals surface area contributed by atoms with E-state index < -0.39 is 0 Å². The number of benzene rings is 1. The first-order chi connectivity index (χ1) is 8.20. The summed E-state index contributed by atoms with van der Waals surface area (Å²) in [6.45, 7) is 0. The molecule has 0 amide bonds. The SMILES string of the molecule is NNC(Cc1ccc(Cl)s1)c1ccccc1Cl.